The molecule has 0 unspecified atom stereocenters. The molecule has 0 heterocycles. The van der Waals surface area contributed by atoms with Crippen molar-refractivity contribution in [2.75, 3.05) is 0 Å². The van der Waals surface area contributed by atoms with Crippen LogP contribution in [0, 0.1) is 0 Å². The van der Waals surface area contributed by atoms with Gasteiger partial charge in [0.05, 0.1) is 0 Å². The quantitative estimate of drug-likeness (QED) is 0.286. The Morgan fingerprint density at radius 3 is 1.00 bits per heavy atom. The van der Waals surface area contributed by atoms with E-state index in [1.807, 2.05) is 0 Å². The van der Waals surface area contributed by atoms with Crippen LogP contribution in [-0.4, -0.2) is 22.4 Å². The van der Waals surface area contributed by atoms with E-state index < -0.39 is 7.32 Å². The Kier molecular flexibility index (Phi) is 56.5. The van der Waals surface area contributed by atoms with Crippen molar-refractivity contribution in [3.63, 3.8) is 0 Å². The molecule has 42 valence electrons. The van der Waals surface area contributed by atoms with Crippen molar-refractivity contribution >= 4 is 7.32 Å². The predicted molar refractivity (Wildman–Crippen MR) is 18.5 cm³/mol. The summed E-state index contributed by atoms with van der Waals surface area (Å²) in [7, 11) is -2.17. The molecule has 0 aromatic heterocycles. The van der Waals surface area contributed by atoms with Gasteiger partial charge in [0.2, 0.25) is 0 Å². The molecule has 0 fully saturated rings. The average molecular weight is 126 g/mol. The Bertz CT molecular complexity index is 22.0. The zero-order chi connectivity index (χ0) is 3.58. The molecule has 0 aromatic rings. The second-order valence-electron chi connectivity index (χ2n) is 0.346. The summed E-state index contributed by atoms with van der Waals surface area (Å²) >= 11 is 0. The van der Waals surface area contributed by atoms with Crippen LogP contribution in [0.4, 0.5) is 9.41 Å². The summed E-state index contributed by atoms with van der Waals surface area (Å²) in [6.45, 7) is 0. The normalized spacial score (nSPS) is 3.86. The van der Waals surface area contributed by atoms with Crippen molar-refractivity contribution in [1.82, 2.24) is 0 Å². The third kappa shape index (κ3) is 242. The van der Waals surface area contributed by atoms with Gasteiger partial charge in [-0.25, -0.2) is 0 Å². The van der Waals surface area contributed by atoms with E-state index in [4.69, 9.17) is 15.1 Å². The van der Waals surface area contributed by atoms with Gasteiger partial charge in [-0.2, -0.15) is 0 Å². The fourth-order valence-corrected chi connectivity index (χ4v) is 0. The van der Waals surface area contributed by atoms with E-state index in [1.165, 1.54) is 0 Å². The minimum atomic E-state index is -2.17. The molecule has 0 saturated carbocycles. The molecule has 7 heteroatoms. The molecule has 0 saturated heterocycles. The summed E-state index contributed by atoms with van der Waals surface area (Å²) in [5.41, 5.74) is 0. The van der Waals surface area contributed by atoms with Gasteiger partial charge in [0.15, 0.2) is 0 Å². The van der Waals surface area contributed by atoms with E-state index in [0.717, 1.165) is 0 Å². The second-order valence-corrected chi connectivity index (χ2v) is 0.346. The van der Waals surface area contributed by atoms with Gasteiger partial charge in [-0.1, -0.05) is 0 Å². The van der Waals surface area contributed by atoms with Crippen molar-refractivity contribution in [3.05, 3.63) is 0 Å². The molecule has 0 bridgehead atoms. The van der Waals surface area contributed by atoms with Gasteiger partial charge in [-0.3, -0.25) is 9.41 Å². The maximum atomic E-state index is 7.17. The molecule has 0 spiro atoms. The van der Waals surface area contributed by atoms with E-state index in [9.17, 15) is 0 Å². The van der Waals surface area contributed by atoms with E-state index >= 15 is 0 Å². The Morgan fingerprint density at radius 2 is 1.00 bits per heavy atom. The molecule has 0 aliphatic carbocycles. The van der Waals surface area contributed by atoms with E-state index in [0.29, 0.717) is 0 Å². The van der Waals surface area contributed by atoms with Gasteiger partial charge < -0.3 is 16.5 Å². The molecular formula is H6BF2NaO3. The van der Waals surface area contributed by atoms with Crippen molar-refractivity contribution in [3.8, 4) is 0 Å². The Labute approximate surface area is 63.0 Å². The van der Waals surface area contributed by atoms with Gasteiger partial charge in [0, 0.05) is 0 Å². The van der Waals surface area contributed by atoms with Crippen molar-refractivity contribution in [1.29, 1.82) is 0 Å². The topological polar surface area (TPSA) is 60.7 Å². The van der Waals surface area contributed by atoms with Crippen LogP contribution in [0.3, 0.4) is 0 Å². The fraction of sp³-hybridized carbons (Fsp3) is 0. The van der Waals surface area contributed by atoms with E-state index in [2.05, 4.69) is 0 Å². The molecule has 0 amide bonds. The average Bonchev–Trinajstić information content (AvgIpc) is 0.811. The third-order valence-electron chi connectivity index (χ3n) is 0. The number of hydrogen-bond acceptors (Lipinski definition) is 3. The van der Waals surface area contributed by atoms with Crippen LogP contribution in [0.25, 0.3) is 0 Å². The Morgan fingerprint density at radius 1 is 1.00 bits per heavy atom. The van der Waals surface area contributed by atoms with Gasteiger partial charge in [-0.15, -0.1) is 0 Å². The first kappa shape index (κ1) is 25.0. The first-order valence-electron chi connectivity index (χ1n) is 0.775. The van der Waals surface area contributed by atoms with Crippen LogP contribution in [0.1, 0.15) is 1.43 Å². The minimum absolute atomic E-state index is 0. The van der Waals surface area contributed by atoms with Crippen LogP contribution >= 0.6 is 0 Å². The maximum absolute atomic E-state index is 7.17. The van der Waals surface area contributed by atoms with Crippen LogP contribution in [0.2, 0.25) is 0 Å². The van der Waals surface area contributed by atoms with E-state index in [1.54, 1.807) is 0 Å². The monoisotopic (exact) mass is 126 g/mol. The molecule has 0 aliphatic heterocycles. The predicted octanol–water partition coefficient (Wildman–Crippen LogP) is -4.63. The number of halogens is 2. The zero-order valence-corrected chi connectivity index (χ0v) is 5.74. The smallest absolute Gasteiger partial charge is 1.00 e. The van der Waals surface area contributed by atoms with E-state index in [-0.39, 0.29) is 40.4 Å². The minimum Gasteiger partial charge on any atom is -1.00 e. The van der Waals surface area contributed by atoms with Crippen LogP contribution in [0.15, 0.2) is 0 Å². The molecule has 0 rings (SSSR count). The molecule has 7 heavy (non-hydrogen) atoms. The summed E-state index contributed by atoms with van der Waals surface area (Å²) in [6, 6.07) is 0. The van der Waals surface area contributed by atoms with Gasteiger partial charge >= 0.3 is 36.9 Å². The van der Waals surface area contributed by atoms with Crippen molar-refractivity contribution < 1.29 is 55.5 Å². The molecule has 3 nitrogen and oxygen atoms in total. The van der Waals surface area contributed by atoms with Crippen LogP contribution in [0.5, 0.6) is 0 Å². The van der Waals surface area contributed by atoms with Crippen LogP contribution in [-0.2, 0) is 0 Å². The Balaban J connectivity index is -0.00000000750. The van der Waals surface area contributed by atoms with Crippen LogP contribution < -0.4 is 29.6 Å². The second kappa shape index (κ2) is 15.8. The molecule has 0 aliphatic rings. The Hall–Kier alpha value is 0.805. The summed E-state index contributed by atoms with van der Waals surface area (Å²) in [5, 5.41) is 21.5. The number of hydrogen-bond donors (Lipinski definition) is 3. The maximum Gasteiger partial charge on any atom is 1.00 e. The van der Waals surface area contributed by atoms with Gasteiger partial charge in [-0.05, 0) is 0 Å². The molecule has 0 aromatic carbocycles. The standard InChI is InChI=1S/BH3O3.2FH.Na.H/c2-1(3)4;;;;/h2-4H;2*1H;;/q;;;+1;-1. The molecule has 3 N–H and O–H groups in total. The summed E-state index contributed by atoms with van der Waals surface area (Å²) in [4.78, 5) is 0. The van der Waals surface area contributed by atoms with Crippen molar-refractivity contribution in [2.45, 2.75) is 0 Å². The molecular weight excluding hydrogens is 120 g/mol. The summed E-state index contributed by atoms with van der Waals surface area (Å²) in [6.07, 6.45) is 0. The fourth-order valence-electron chi connectivity index (χ4n) is 0. The zero-order valence-electron chi connectivity index (χ0n) is 4.74. The number of rotatable bonds is 0. The largest absolute Gasteiger partial charge is 1.00 e. The summed E-state index contributed by atoms with van der Waals surface area (Å²) in [5.74, 6) is 0. The van der Waals surface area contributed by atoms with Gasteiger partial charge in [0.1, 0.15) is 0 Å². The first-order chi connectivity index (χ1) is 1.73. The first-order valence-corrected chi connectivity index (χ1v) is 0.775. The van der Waals surface area contributed by atoms with Gasteiger partial charge in [0.25, 0.3) is 0 Å². The van der Waals surface area contributed by atoms with Crippen molar-refractivity contribution in [2.24, 2.45) is 0 Å². The summed E-state index contributed by atoms with van der Waals surface area (Å²) < 4.78 is 0. The molecule has 0 radical (unpaired) electrons. The third-order valence-corrected chi connectivity index (χ3v) is 0. The molecule has 0 atom stereocenters. The SMILES string of the molecule is F.F.OB(O)O.[H-].[Na+].